The van der Waals surface area contributed by atoms with E-state index < -0.39 is 24.0 Å². The Kier molecular flexibility index (Phi) is 7.04. The molecule has 0 aliphatic carbocycles. The van der Waals surface area contributed by atoms with Crippen molar-refractivity contribution in [3.63, 3.8) is 0 Å². The summed E-state index contributed by atoms with van der Waals surface area (Å²) in [6, 6.07) is 8.87. The van der Waals surface area contributed by atoms with E-state index >= 15 is 0 Å². The standard InChI is InChI=1S/C18H22N4O5/c1-12(17(25)20-18(26)19-2)27-16(24)9-8-15(23)22-11-10-14(21-22)13-6-4-3-5-7-13/h3-7,12H,8-11H2,1-2H3,(H2,19,20,25,26). The highest BCUT2D eigenvalue weighted by molar-refractivity contribution is 6.02. The summed E-state index contributed by atoms with van der Waals surface area (Å²) in [5.74, 6) is -1.74. The van der Waals surface area contributed by atoms with Crippen molar-refractivity contribution in [2.75, 3.05) is 13.6 Å². The molecule has 1 aliphatic rings. The lowest BCUT2D eigenvalue weighted by Gasteiger charge is -2.14. The van der Waals surface area contributed by atoms with Crippen LogP contribution in [0.15, 0.2) is 35.4 Å². The van der Waals surface area contributed by atoms with Crippen molar-refractivity contribution in [3.8, 4) is 0 Å². The molecule has 2 rings (SSSR count). The van der Waals surface area contributed by atoms with E-state index in [-0.39, 0.29) is 18.7 Å². The molecule has 1 heterocycles. The van der Waals surface area contributed by atoms with Gasteiger partial charge in [0.2, 0.25) is 5.91 Å². The van der Waals surface area contributed by atoms with Gasteiger partial charge in [-0.05, 0) is 12.5 Å². The van der Waals surface area contributed by atoms with Crippen LogP contribution in [-0.2, 0) is 19.1 Å². The first-order chi connectivity index (χ1) is 12.9. The van der Waals surface area contributed by atoms with Gasteiger partial charge in [-0.25, -0.2) is 9.80 Å². The lowest BCUT2D eigenvalue weighted by molar-refractivity contribution is -0.155. The molecule has 0 saturated carbocycles. The van der Waals surface area contributed by atoms with E-state index in [1.54, 1.807) is 0 Å². The van der Waals surface area contributed by atoms with Gasteiger partial charge in [-0.3, -0.25) is 19.7 Å². The SMILES string of the molecule is CNC(=O)NC(=O)C(C)OC(=O)CCC(=O)N1CCC(c2ccccc2)=N1. The first kappa shape index (κ1) is 20.1. The molecule has 2 N–H and O–H groups in total. The summed E-state index contributed by atoms with van der Waals surface area (Å²) in [6.07, 6.45) is -0.742. The van der Waals surface area contributed by atoms with Crippen molar-refractivity contribution >= 4 is 29.5 Å². The Morgan fingerprint density at radius 3 is 2.56 bits per heavy atom. The van der Waals surface area contributed by atoms with Gasteiger partial charge in [0, 0.05) is 19.9 Å². The third-order valence-electron chi connectivity index (χ3n) is 3.88. The number of rotatable bonds is 6. The van der Waals surface area contributed by atoms with Crippen molar-refractivity contribution < 1.29 is 23.9 Å². The van der Waals surface area contributed by atoms with Crippen LogP contribution in [0.5, 0.6) is 0 Å². The fraction of sp³-hybridized carbons (Fsp3) is 0.389. The van der Waals surface area contributed by atoms with E-state index in [1.165, 1.54) is 19.0 Å². The highest BCUT2D eigenvalue weighted by atomic mass is 16.5. The molecule has 1 aromatic carbocycles. The zero-order valence-electron chi connectivity index (χ0n) is 15.2. The molecule has 0 spiro atoms. The topological polar surface area (TPSA) is 117 Å². The molecule has 0 aromatic heterocycles. The van der Waals surface area contributed by atoms with Crippen LogP contribution in [0, 0.1) is 0 Å². The first-order valence-corrected chi connectivity index (χ1v) is 8.56. The Morgan fingerprint density at radius 2 is 1.89 bits per heavy atom. The molecule has 1 atom stereocenters. The van der Waals surface area contributed by atoms with Gasteiger partial charge in [-0.2, -0.15) is 5.10 Å². The molecular weight excluding hydrogens is 352 g/mol. The van der Waals surface area contributed by atoms with E-state index in [4.69, 9.17) is 4.74 Å². The molecule has 0 bridgehead atoms. The summed E-state index contributed by atoms with van der Waals surface area (Å²) in [5, 5.41) is 9.87. The number of hydrazone groups is 1. The second kappa shape index (κ2) is 9.46. The van der Waals surface area contributed by atoms with E-state index in [1.807, 2.05) is 35.6 Å². The number of nitrogens with one attached hydrogen (secondary N) is 2. The minimum atomic E-state index is -1.14. The van der Waals surface area contributed by atoms with Crippen LogP contribution in [0.2, 0.25) is 0 Å². The van der Waals surface area contributed by atoms with Crippen LogP contribution in [0.3, 0.4) is 0 Å². The van der Waals surface area contributed by atoms with Crippen LogP contribution in [0.4, 0.5) is 4.79 Å². The second-order valence-electron chi connectivity index (χ2n) is 5.88. The van der Waals surface area contributed by atoms with Crippen molar-refractivity contribution in [3.05, 3.63) is 35.9 Å². The van der Waals surface area contributed by atoms with E-state index in [0.29, 0.717) is 13.0 Å². The molecule has 0 radical (unpaired) electrons. The van der Waals surface area contributed by atoms with Crippen LogP contribution in [0.1, 0.15) is 31.7 Å². The Labute approximate surface area is 156 Å². The van der Waals surface area contributed by atoms with Crippen molar-refractivity contribution in [1.82, 2.24) is 15.6 Å². The fourth-order valence-electron chi connectivity index (χ4n) is 2.39. The Hall–Kier alpha value is -3.23. The third kappa shape index (κ3) is 5.91. The Balaban J connectivity index is 1.78. The lowest BCUT2D eigenvalue weighted by Crippen LogP contribution is -2.43. The Bertz CT molecular complexity index is 747. The monoisotopic (exact) mass is 374 g/mol. The number of urea groups is 1. The number of imide groups is 1. The maximum atomic E-state index is 12.2. The van der Waals surface area contributed by atoms with Gasteiger partial charge in [-0.1, -0.05) is 30.3 Å². The number of carbonyl (C=O) groups excluding carboxylic acids is 4. The molecule has 9 nitrogen and oxygen atoms in total. The van der Waals surface area contributed by atoms with Crippen LogP contribution in [-0.4, -0.2) is 54.2 Å². The van der Waals surface area contributed by atoms with Gasteiger partial charge < -0.3 is 10.1 Å². The zero-order valence-corrected chi connectivity index (χ0v) is 15.2. The normalized spacial score (nSPS) is 14.1. The van der Waals surface area contributed by atoms with Gasteiger partial charge in [-0.15, -0.1) is 0 Å². The Morgan fingerprint density at radius 1 is 1.19 bits per heavy atom. The number of amides is 4. The smallest absolute Gasteiger partial charge is 0.321 e. The number of esters is 1. The van der Waals surface area contributed by atoms with Gasteiger partial charge in [0.15, 0.2) is 6.10 Å². The van der Waals surface area contributed by atoms with Gasteiger partial charge in [0.1, 0.15) is 0 Å². The molecule has 4 amide bonds. The van der Waals surface area contributed by atoms with E-state index in [2.05, 4.69) is 10.4 Å². The molecule has 27 heavy (non-hydrogen) atoms. The molecule has 1 aliphatic heterocycles. The molecule has 0 saturated heterocycles. The summed E-state index contributed by atoms with van der Waals surface area (Å²) in [7, 11) is 1.36. The van der Waals surface area contributed by atoms with Crippen LogP contribution in [0.25, 0.3) is 0 Å². The third-order valence-corrected chi connectivity index (χ3v) is 3.88. The molecule has 1 unspecified atom stereocenters. The van der Waals surface area contributed by atoms with E-state index in [9.17, 15) is 19.2 Å². The van der Waals surface area contributed by atoms with E-state index in [0.717, 1.165) is 11.3 Å². The lowest BCUT2D eigenvalue weighted by atomic mass is 10.1. The molecule has 0 fully saturated rings. The van der Waals surface area contributed by atoms with Crippen LogP contribution >= 0.6 is 0 Å². The fourth-order valence-corrected chi connectivity index (χ4v) is 2.39. The van der Waals surface area contributed by atoms with Gasteiger partial charge >= 0.3 is 12.0 Å². The summed E-state index contributed by atoms with van der Waals surface area (Å²) in [5.41, 5.74) is 1.79. The van der Waals surface area contributed by atoms with Crippen molar-refractivity contribution in [2.45, 2.75) is 32.3 Å². The molecular formula is C18H22N4O5. The quantitative estimate of drug-likeness (QED) is 0.714. The number of hydrogen-bond donors (Lipinski definition) is 2. The molecule has 144 valence electrons. The largest absolute Gasteiger partial charge is 0.453 e. The second-order valence-corrected chi connectivity index (χ2v) is 5.88. The van der Waals surface area contributed by atoms with Gasteiger partial charge in [0.05, 0.1) is 18.7 Å². The zero-order chi connectivity index (χ0) is 19.8. The number of carbonyl (C=O) groups is 4. The van der Waals surface area contributed by atoms with Crippen molar-refractivity contribution in [2.24, 2.45) is 5.10 Å². The predicted octanol–water partition coefficient (Wildman–Crippen LogP) is 0.790. The summed E-state index contributed by atoms with van der Waals surface area (Å²) in [4.78, 5) is 46.7. The maximum Gasteiger partial charge on any atom is 0.321 e. The molecule has 9 heteroatoms. The van der Waals surface area contributed by atoms with Crippen molar-refractivity contribution in [1.29, 1.82) is 0 Å². The number of ether oxygens (including phenoxy) is 1. The van der Waals surface area contributed by atoms with Gasteiger partial charge in [0.25, 0.3) is 5.91 Å². The highest BCUT2D eigenvalue weighted by Gasteiger charge is 2.24. The summed E-state index contributed by atoms with van der Waals surface area (Å²) >= 11 is 0. The molecule has 1 aromatic rings. The summed E-state index contributed by atoms with van der Waals surface area (Å²) in [6.45, 7) is 1.80. The minimum Gasteiger partial charge on any atom is -0.453 e. The predicted molar refractivity (Wildman–Crippen MR) is 96.7 cm³/mol. The maximum absolute atomic E-state index is 12.2. The van der Waals surface area contributed by atoms with Crippen LogP contribution < -0.4 is 10.6 Å². The number of nitrogens with zero attached hydrogens (tertiary/aromatic N) is 2. The average Bonchev–Trinajstić information content (AvgIpc) is 3.16. The summed E-state index contributed by atoms with van der Waals surface area (Å²) < 4.78 is 4.92. The minimum absolute atomic E-state index is 0.0752. The number of benzene rings is 1. The number of hydrogen-bond acceptors (Lipinski definition) is 6. The average molecular weight is 374 g/mol. The highest BCUT2D eigenvalue weighted by Crippen LogP contribution is 2.15. The first-order valence-electron chi connectivity index (χ1n) is 8.56.